The summed E-state index contributed by atoms with van der Waals surface area (Å²) in [7, 11) is 0. The Morgan fingerprint density at radius 2 is 1.76 bits per heavy atom. The van der Waals surface area contributed by atoms with E-state index in [2.05, 4.69) is 90.0 Å². The number of aryl methyl sites for hydroxylation is 3. The van der Waals surface area contributed by atoms with Gasteiger partial charge in [0, 0.05) is 17.1 Å². The van der Waals surface area contributed by atoms with Gasteiger partial charge in [0.25, 0.3) is 0 Å². The van der Waals surface area contributed by atoms with E-state index in [-0.39, 0.29) is 0 Å². The number of fused-ring (bicyclic) bond motifs is 1. The minimum atomic E-state index is 0.811. The summed E-state index contributed by atoms with van der Waals surface area (Å²) in [4.78, 5) is 4.56. The molecule has 124 valence electrons. The predicted octanol–water partition coefficient (Wildman–Crippen LogP) is 4.29. The minimum absolute atomic E-state index is 0.811. The van der Waals surface area contributed by atoms with E-state index in [1.165, 1.54) is 33.3 Å². The Labute approximate surface area is 148 Å². The second-order valence-corrected chi connectivity index (χ2v) is 6.73. The highest BCUT2D eigenvalue weighted by atomic mass is 15.1. The summed E-state index contributed by atoms with van der Waals surface area (Å²) < 4.78 is 4.42. The number of hydrogen-bond acceptors (Lipinski definition) is 1. The van der Waals surface area contributed by atoms with E-state index in [9.17, 15) is 0 Å². The Morgan fingerprint density at radius 3 is 2.56 bits per heavy atom. The number of benzene rings is 2. The van der Waals surface area contributed by atoms with Crippen molar-refractivity contribution in [2.24, 2.45) is 0 Å². The summed E-state index contributed by atoms with van der Waals surface area (Å²) in [6.45, 7) is 7.31. The Kier molecular flexibility index (Phi) is 3.85. The summed E-state index contributed by atoms with van der Waals surface area (Å²) >= 11 is 0. The molecule has 4 aromatic rings. The molecule has 4 rings (SSSR count). The van der Waals surface area contributed by atoms with Crippen LogP contribution in [0.5, 0.6) is 0 Å². The number of imidazole rings is 1. The third-order valence-electron chi connectivity index (χ3n) is 4.65. The number of hydrogen-bond donors (Lipinski definition) is 0. The zero-order valence-corrected chi connectivity index (χ0v) is 14.9. The second-order valence-electron chi connectivity index (χ2n) is 6.73. The third-order valence-corrected chi connectivity index (χ3v) is 4.65. The van der Waals surface area contributed by atoms with E-state index in [0.29, 0.717) is 0 Å². The molecule has 0 unspecified atom stereocenters. The maximum absolute atomic E-state index is 4.56. The van der Waals surface area contributed by atoms with Crippen LogP contribution in [-0.4, -0.2) is 9.55 Å². The highest BCUT2D eigenvalue weighted by Gasteiger charge is 2.14. The van der Waals surface area contributed by atoms with E-state index in [4.69, 9.17) is 0 Å². The molecule has 3 nitrogen and oxygen atoms in total. The molecule has 0 bridgehead atoms. The molecule has 25 heavy (non-hydrogen) atoms. The predicted molar refractivity (Wildman–Crippen MR) is 101 cm³/mol. The molecule has 2 heterocycles. The third kappa shape index (κ3) is 2.93. The van der Waals surface area contributed by atoms with Gasteiger partial charge in [-0.05, 0) is 38.0 Å². The first-order chi connectivity index (χ1) is 12.1. The van der Waals surface area contributed by atoms with Gasteiger partial charge in [-0.15, -0.1) is 0 Å². The lowest BCUT2D eigenvalue weighted by Crippen LogP contribution is -2.31. The van der Waals surface area contributed by atoms with Crippen molar-refractivity contribution in [2.45, 2.75) is 27.3 Å². The van der Waals surface area contributed by atoms with Gasteiger partial charge in [-0.1, -0.05) is 42.0 Å². The van der Waals surface area contributed by atoms with Crippen LogP contribution in [0.2, 0.25) is 0 Å². The Hall–Kier alpha value is -2.94. The molecule has 0 radical (unpaired) electrons. The first-order valence-electron chi connectivity index (χ1n) is 8.60. The molecule has 2 aromatic heterocycles. The van der Waals surface area contributed by atoms with Gasteiger partial charge in [0.2, 0.25) is 6.33 Å². The molecule has 0 amide bonds. The van der Waals surface area contributed by atoms with Gasteiger partial charge in [0.15, 0.2) is 0 Å². The van der Waals surface area contributed by atoms with Gasteiger partial charge in [-0.3, -0.25) is 4.98 Å². The zero-order chi connectivity index (χ0) is 17.4. The lowest BCUT2D eigenvalue weighted by molar-refractivity contribution is -0.687. The molecule has 0 N–H and O–H groups in total. The highest BCUT2D eigenvalue weighted by Crippen LogP contribution is 2.20. The standard InChI is InChI=1S/C22H22N3/c1-16-12-17(2)22(18(3)13-16)25-11-10-24(15-25)14-20-7-4-6-19-8-5-9-23-21(19)20/h4-13,15H,14H2,1-3H3/q+1. The molecular formula is C22H22N3+. The molecule has 0 aliphatic rings. The van der Waals surface area contributed by atoms with Gasteiger partial charge in [-0.25, -0.2) is 9.13 Å². The van der Waals surface area contributed by atoms with E-state index in [0.717, 1.165) is 12.1 Å². The highest BCUT2D eigenvalue weighted by molar-refractivity contribution is 5.81. The van der Waals surface area contributed by atoms with E-state index < -0.39 is 0 Å². The van der Waals surface area contributed by atoms with Crippen LogP contribution in [-0.2, 0) is 6.54 Å². The first-order valence-corrected chi connectivity index (χ1v) is 8.60. The van der Waals surface area contributed by atoms with Crippen molar-refractivity contribution in [3.05, 3.63) is 89.6 Å². The minimum Gasteiger partial charge on any atom is -0.256 e. The van der Waals surface area contributed by atoms with Crippen molar-refractivity contribution in [3.63, 3.8) is 0 Å². The van der Waals surface area contributed by atoms with Gasteiger partial charge in [0.05, 0.1) is 5.52 Å². The van der Waals surface area contributed by atoms with Crippen LogP contribution in [0.4, 0.5) is 0 Å². The average Bonchev–Trinajstić information content (AvgIpc) is 3.02. The largest absolute Gasteiger partial charge is 0.256 e. The van der Waals surface area contributed by atoms with Gasteiger partial charge < -0.3 is 0 Å². The van der Waals surface area contributed by atoms with Gasteiger partial charge in [0.1, 0.15) is 24.6 Å². The molecule has 0 fully saturated rings. The SMILES string of the molecule is Cc1cc(C)c(-n2cc[n+](Cc3cccc4cccnc34)c2)c(C)c1. The maximum atomic E-state index is 4.56. The lowest BCUT2D eigenvalue weighted by Gasteiger charge is -2.07. The zero-order valence-electron chi connectivity index (χ0n) is 14.9. The molecule has 3 heteroatoms. The Balaban J connectivity index is 1.71. The number of pyridine rings is 1. The van der Waals surface area contributed by atoms with Crippen LogP contribution in [0.15, 0.2) is 67.4 Å². The van der Waals surface area contributed by atoms with Crippen LogP contribution in [0.1, 0.15) is 22.3 Å². The smallest absolute Gasteiger partial charge is 0.249 e. The molecule has 0 aliphatic carbocycles. The molecule has 0 saturated carbocycles. The van der Waals surface area contributed by atoms with Gasteiger partial charge >= 0.3 is 0 Å². The van der Waals surface area contributed by atoms with Crippen LogP contribution in [0.3, 0.4) is 0 Å². The fourth-order valence-electron chi connectivity index (χ4n) is 3.69. The van der Waals surface area contributed by atoms with Crippen LogP contribution in [0.25, 0.3) is 16.6 Å². The summed E-state index contributed by atoms with van der Waals surface area (Å²) in [6.07, 6.45) is 8.27. The quantitative estimate of drug-likeness (QED) is 0.514. The monoisotopic (exact) mass is 328 g/mol. The molecule has 0 atom stereocenters. The van der Waals surface area contributed by atoms with Crippen LogP contribution < -0.4 is 4.57 Å². The molecule has 0 aliphatic heterocycles. The second kappa shape index (κ2) is 6.17. The van der Waals surface area contributed by atoms with E-state index in [1.807, 2.05) is 12.3 Å². The van der Waals surface area contributed by atoms with E-state index >= 15 is 0 Å². The fraction of sp³-hybridized carbons (Fsp3) is 0.182. The molecule has 0 spiro atoms. The molecule has 0 saturated heterocycles. The van der Waals surface area contributed by atoms with Crippen LogP contribution in [0, 0.1) is 20.8 Å². The summed E-state index contributed by atoms with van der Waals surface area (Å²) in [5.74, 6) is 0. The number of aromatic nitrogens is 3. The van der Waals surface area contributed by atoms with E-state index in [1.54, 1.807) is 0 Å². The number of para-hydroxylation sites is 1. The molecular weight excluding hydrogens is 306 g/mol. The van der Waals surface area contributed by atoms with Crippen LogP contribution >= 0.6 is 0 Å². The Morgan fingerprint density at radius 1 is 1.00 bits per heavy atom. The summed E-state index contributed by atoms with van der Waals surface area (Å²) in [5.41, 5.74) is 7.48. The first kappa shape index (κ1) is 15.6. The normalized spacial score (nSPS) is 11.2. The lowest BCUT2D eigenvalue weighted by atomic mass is 10.1. The summed E-state index contributed by atoms with van der Waals surface area (Å²) in [5, 5.41) is 1.19. The molecule has 2 aromatic carbocycles. The Bertz CT molecular complexity index is 1030. The number of nitrogens with zero attached hydrogens (tertiary/aromatic N) is 3. The van der Waals surface area contributed by atoms with Crippen molar-refractivity contribution in [1.82, 2.24) is 9.55 Å². The topological polar surface area (TPSA) is 21.7 Å². The number of rotatable bonds is 3. The average molecular weight is 328 g/mol. The summed E-state index contributed by atoms with van der Waals surface area (Å²) in [6, 6.07) is 14.9. The van der Waals surface area contributed by atoms with Gasteiger partial charge in [-0.2, -0.15) is 0 Å². The fourth-order valence-corrected chi connectivity index (χ4v) is 3.69. The van der Waals surface area contributed by atoms with Crippen molar-refractivity contribution in [3.8, 4) is 5.69 Å². The van der Waals surface area contributed by atoms with Crippen molar-refractivity contribution in [1.29, 1.82) is 0 Å². The maximum Gasteiger partial charge on any atom is 0.249 e. The van der Waals surface area contributed by atoms with Crippen molar-refractivity contribution in [2.75, 3.05) is 0 Å². The van der Waals surface area contributed by atoms with Crippen molar-refractivity contribution < 1.29 is 4.57 Å². The van der Waals surface area contributed by atoms with Crippen molar-refractivity contribution >= 4 is 10.9 Å².